The van der Waals surface area contributed by atoms with Crippen molar-refractivity contribution in [1.29, 1.82) is 0 Å². The molecule has 1 aliphatic carbocycles. The zero-order chi connectivity index (χ0) is 17.6. The summed E-state index contributed by atoms with van der Waals surface area (Å²) in [5.74, 6) is 0.959. The Morgan fingerprint density at radius 3 is 2.80 bits per heavy atom. The molecule has 0 atom stereocenters. The lowest BCUT2D eigenvalue weighted by atomic mass is 9.93. The van der Waals surface area contributed by atoms with Crippen LogP contribution in [0.4, 0.5) is 0 Å². The third kappa shape index (κ3) is 4.70. The number of ether oxygens (including phenoxy) is 2. The molecule has 134 valence electrons. The summed E-state index contributed by atoms with van der Waals surface area (Å²) in [5, 5.41) is 14.5. The molecule has 1 amide bonds. The Morgan fingerprint density at radius 2 is 2.12 bits per heavy atom. The maximum Gasteiger partial charge on any atom is 0.251 e. The monoisotopic (exact) mass is 362 g/mol. The Morgan fingerprint density at radius 1 is 1.32 bits per heavy atom. The quantitative estimate of drug-likeness (QED) is 0.826. The van der Waals surface area contributed by atoms with E-state index >= 15 is 0 Å². The summed E-state index contributed by atoms with van der Waals surface area (Å²) < 4.78 is 11.1. The van der Waals surface area contributed by atoms with Crippen LogP contribution in [0.25, 0.3) is 0 Å². The van der Waals surface area contributed by atoms with E-state index in [2.05, 4.69) is 10.3 Å². The summed E-state index contributed by atoms with van der Waals surface area (Å²) >= 11 is 1.52. The summed E-state index contributed by atoms with van der Waals surface area (Å²) in [5.41, 5.74) is 3.14. The highest BCUT2D eigenvalue weighted by Gasteiger charge is 2.21. The van der Waals surface area contributed by atoms with Gasteiger partial charge < -0.3 is 19.9 Å². The number of aliphatic hydroxyl groups excluding tert-OH is 1. The molecule has 3 rings (SSSR count). The predicted molar refractivity (Wildman–Crippen MR) is 95.2 cm³/mol. The van der Waals surface area contributed by atoms with Crippen LogP contribution < -0.4 is 14.8 Å². The molecule has 1 heterocycles. The van der Waals surface area contributed by atoms with Crippen molar-refractivity contribution in [3.8, 4) is 11.5 Å². The van der Waals surface area contributed by atoms with Crippen molar-refractivity contribution in [2.45, 2.75) is 44.4 Å². The largest absolute Gasteiger partial charge is 0.493 e. The van der Waals surface area contributed by atoms with Gasteiger partial charge in [-0.3, -0.25) is 4.79 Å². The second kappa shape index (κ2) is 8.31. The lowest BCUT2D eigenvalue weighted by molar-refractivity contribution is 0.0867. The first-order valence-electron chi connectivity index (χ1n) is 8.32. The summed E-state index contributed by atoms with van der Waals surface area (Å²) in [4.78, 5) is 16.6. The van der Waals surface area contributed by atoms with Crippen LogP contribution >= 0.6 is 11.3 Å². The van der Waals surface area contributed by atoms with Crippen molar-refractivity contribution < 1.29 is 19.4 Å². The van der Waals surface area contributed by atoms with Gasteiger partial charge in [-0.15, -0.1) is 11.3 Å². The van der Waals surface area contributed by atoms with E-state index in [1.54, 1.807) is 30.8 Å². The predicted octanol–water partition coefficient (Wildman–Crippen LogP) is 2.76. The van der Waals surface area contributed by atoms with E-state index in [0.717, 1.165) is 31.4 Å². The van der Waals surface area contributed by atoms with Crippen molar-refractivity contribution in [3.05, 3.63) is 40.3 Å². The topological polar surface area (TPSA) is 80.7 Å². The molecule has 1 aromatic carbocycles. The number of carbonyl (C=O) groups excluding carboxylic acids is 1. The fraction of sp³-hybridized carbons (Fsp3) is 0.444. The lowest BCUT2D eigenvalue weighted by Crippen LogP contribution is -2.38. The van der Waals surface area contributed by atoms with Gasteiger partial charge in [0.1, 0.15) is 6.61 Å². The van der Waals surface area contributed by atoms with Crippen molar-refractivity contribution in [2.75, 3.05) is 7.11 Å². The van der Waals surface area contributed by atoms with Crippen LogP contribution in [0.3, 0.4) is 0 Å². The molecule has 0 saturated heterocycles. The van der Waals surface area contributed by atoms with E-state index in [4.69, 9.17) is 9.47 Å². The van der Waals surface area contributed by atoms with Gasteiger partial charge in [0.2, 0.25) is 0 Å². The van der Waals surface area contributed by atoms with Gasteiger partial charge >= 0.3 is 0 Å². The molecule has 0 bridgehead atoms. The van der Waals surface area contributed by atoms with Gasteiger partial charge in [-0.05, 0) is 43.9 Å². The number of aromatic nitrogens is 1. The number of hydrogen-bond donors (Lipinski definition) is 2. The number of amides is 1. The van der Waals surface area contributed by atoms with E-state index in [0.29, 0.717) is 23.7 Å². The van der Waals surface area contributed by atoms with E-state index in [9.17, 15) is 9.90 Å². The molecular weight excluding hydrogens is 340 g/mol. The molecule has 0 unspecified atom stereocenters. The Hall–Kier alpha value is -2.12. The van der Waals surface area contributed by atoms with E-state index in [1.165, 1.54) is 11.3 Å². The van der Waals surface area contributed by atoms with E-state index in [1.807, 2.05) is 5.38 Å². The van der Waals surface area contributed by atoms with Crippen LogP contribution in [0, 0.1) is 0 Å². The van der Waals surface area contributed by atoms with Gasteiger partial charge in [0.15, 0.2) is 11.5 Å². The molecule has 0 radical (unpaired) electrons. The molecule has 1 fully saturated rings. The second-order valence-corrected chi connectivity index (χ2v) is 6.83. The number of methoxy groups -OCH3 is 1. The maximum atomic E-state index is 12.4. The Bertz CT molecular complexity index is 697. The minimum absolute atomic E-state index is 0.113. The summed E-state index contributed by atoms with van der Waals surface area (Å²) in [6.07, 6.45) is 2.84. The SMILES string of the molecule is COc1cc(C(=O)NC2CCC(O)CC2)ccc1OCc1cscn1. The van der Waals surface area contributed by atoms with Crippen LogP contribution in [-0.2, 0) is 6.61 Å². The molecule has 6 nitrogen and oxygen atoms in total. The number of aliphatic hydroxyl groups is 1. The van der Waals surface area contributed by atoms with Gasteiger partial charge in [-0.2, -0.15) is 0 Å². The molecule has 25 heavy (non-hydrogen) atoms. The molecule has 1 saturated carbocycles. The number of benzene rings is 1. The molecule has 2 aromatic rings. The van der Waals surface area contributed by atoms with Gasteiger partial charge in [0.25, 0.3) is 5.91 Å². The highest BCUT2D eigenvalue weighted by molar-refractivity contribution is 7.07. The first kappa shape index (κ1) is 17.7. The molecule has 1 aromatic heterocycles. The van der Waals surface area contributed by atoms with Crippen molar-refractivity contribution in [3.63, 3.8) is 0 Å². The summed E-state index contributed by atoms with van der Waals surface area (Å²) in [6.45, 7) is 0.357. The van der Waals surface area contributed by atoms with E-state index < -0.39 is 0 Å². The maximum absolute atomic E-state index is 12.4. The van der Waals surface area contributed by atoms with Crippen molar-refractivity contribution >= 4 is 17.2 Å². The second-order valence-electron chi connectivity index (χ2n) is 6.11. The minimum Gasteiger partial charge on any atom is -0.493 e. The first-order chi connectivity index (χ1) is 12.2. The highest BCUT2D eigenvalue weighted by atomic mass is 32.1. The zero-order valence-electron chi connectivity index (χ0n) is 14.1. The zero-order valence-corrected chi connectivity index (χ0v) is 14.9. The van der Waals surface area contributed by atoms with Crippen LogP contribution in [0.5, 0.6) is 11.5 Å². The van der Waals surface area contributed by atoms with Crippen LogP contribution in [0.2, 0.25) is 0 Å². The molecule has 0 aliphatic heterocycles. The molecule has 0 spiro atoms. The van der Waals surface area contributed by atoms with Gasteiger partial charge in [-0.25, -0.2) is 4.98 Å². The third-order valence-electron chi connectivity index (χ3n) is 4.32. The number of carbonyl (C=O) groups is 1. The standard InChI is InChI=1S/C18H22N2O4S/c1-23-17-8-12(18(22)20-13-3-5-15(21)6-4-13)2-7-16(17)24-9-14-10-25-11-19-14/h2,7-8,10-11,13,15,21H,3-6,9H2,1H3,(H,20,22). The number of thiazole rings is 1. The normalized spacial score (nSPS) is 20.1. The fourth-order valence-corrected chi connectivity index (χ4v) is 3.42. The smallest absolute Gasteiger partial charge is 0.251 e. The Labute approximate surface area is 150 Å². The molecule has 2 N–H and O–H groups in total. The van der Waals surface area contributed by atoms with Crippen LogP contribution in [-0.4, -0.2) is 35.3 Å². The molecular formula is C18H22N2O4S. The number of rotatable bonds is 6. The minimum atomic E-state index is -0.234. The molecule has 7 heteroatoms. The first-order valence-corrected chi connectivity index (χ1v) is 9.27. The number of nitrogens with zero attached hydrogens (tertiary/aromatic N) is 1. The number of hydrogen-bond acceptors (Lipinski definition) is 6. The van der Waals surface area contributed by atoms with Crippen LogP contribution in [0.1, 0.15) is 41.7 Å². The average Bonchev–Trinajstić information content (AvgIpc) is 3.15. The highest BCUT2D eigenvalue weighted by Crippen LogP contribution is 2.29. The summed E-state index contributed by atoms with van der Waals surface area (Å²) in [7, 11) is 1.55. The third-order valence-corrected chi connectivity index (χ3v) is 4.95. The van der Waals surface area contributed by atoms with Crippen molar-refractivity contribution in [2.24, 2.45) is 0 Å². The number of nitrogens with one attached hydrogen (secondary N) is 1. The lowest BCUT2D eigenvalue weighted by Gasteiger charge is -2.26. The van der Waals surface area contributed by atoms with Gasteiger partial charge in [-0.1, -0.05) is 0 Å². The fourth-order valence-electron chi connectivity index (χ4n) is 2.88. The Kier molecular flexibility index (Phi) is 5.88. The average molecular weight is 362 g/mol. The van der Waals surface area contributed by atoms with Crippen molar-refractivity contribution in [1.82, 2.24) is 10.3 Å². The summed E-state index contributed by atoms with van der Waals surface area (Å²) in [6, 6.07) is 5.27. The molecule has 1 aliphatic rings. The van der Waals surface area contributed by atoms with Gasteiger partial charge in [0.05, 0.1) is 24.4 Å². The van der Waals surface area contributed by atoms with E-state index in [-0.39, 0.29) is 18.1 Å². The van der Waals surface area contributed by atoms with Crippen LogP contribution in [0.15, 0.2) is 29.1 Å². The van der Waals surface area contributed by atoms with Gasteiger partial charge in [0, 0.05) is 17.0 Å². The Balaban J connectivity index is 1.62.